The maximum atomic E-state index is 11.8. The average molecular weight is 332 g/mol. The summed E-state index contributed by atoms with van der Waals surface area (Å²) in [6, 6.07) is 10.2. The van der Waals surface area contributed by atoms with E-state index in [9.17, 15) is 4.79 Å². The first-order valence-electron chi connectivity index (χ1n) is 8.85. The lowest BCUT2D eigenvalue weighted by atomic mass is 9.82. The van der Waals surface area contributed by atoms with Crippen LogP contribution in [0.2, 0.25) is 6.32 Å². The Kier molecular flexibility index (Phi) is 6.47. The minimum atomic E-state index is -0.310. The monoisotopic (exact) mass is 332 g/mol. The Bertz CT molecular complexity index is 511. The van der Waals surface area contributed by atoms with Gasteiger partial charge >= 0.3 is 13.1 Å². The summed E-state index contributed by atoms with van der Waals surface area (Å²) in [5, 5.41) is 0. The number of ether oxygens (including phenoxy) is 1. The Labute approximate surface area is 146 Å². The fourth-order valence-electron chi connectivity index (χ4n) is 2.68. The van der Waals surface area contributed by atoms with Gasteiger partial charge in [-0.3, -0.25) is 4.79 Å². The molecular weight excluding hydrogens is 303 g/mol. The van der Waals surface area contributed by atoms with Crippen LogP contribution in [0.4, 0.5) is 0 Å². The van der Waals surface area contributed by atoms with E-state index in [2.05, 4.69) is 12.1 Å². The lowest BCUT2D eigenvalue weighted by molar-refractivity contribution is -0.143. The van der Waals surface area contributed by atoms with E-state index in [1.807, 2.05) is 45.9 Å². The van der Waals surface area contributed by atoms with E-state index in [1.54, 1.807) is 0 Å². The number of benzene rings is 1. The Morgan fingerprint density at radius 3 is 2.29 bits per heavy atom. The normalized spacial score (nSPS) is 18.6. The predicted octanol–water partition coefficient (Wildman–Crippen LogP) is 4.03. The van der Waals surface area contributed by atoms with Gasteiger partial charge in [0.15, 0.2) is 0 Å². The van der Waals surface area contributed by atoms with Crippen LogP contribution in [0.1, 0.15) is 52.5 Å². The lowest BCUT2D eigenvalue weighted by Crippen LogP contribution is -2.41. The molecule has 2 rings (SSSR count). The van der Waals surface area contributed by atoms with Crippen LogP contribution in [0.5, 0.6) is 0 Å². The summed E-state index contributed by atoms with van der Waals surface area (Å²) in [6.45, 7) is 8.62. The van der Waals surface area contributed by atoms with Crippen LogP contribution in [-0.4, -0.2) is 30.9 Å². The molecule has 1 heterocycles. The highest BCUT2D eigenvalue weighted by Crippen LogP contribution is 2.38. The highest BCUT2D eigenvalue weighted by atomic mass is 16.7. The third kappa shape index (κ3) is 5.35. The van der Waals surface area contributed by atoms with Gasteiger partial charge in [-0.1, -0.05) is 30.3 Å². The molecule has 132 valence electrons. The third-order valence-electron chi connectivity index (χ3n) is 4.84. The smallest absolute Gasteiger partial charge is 0.457 e. The first-order valence-corrected chi connectivity index (χ1v) is 8.85. The zero-order valence-corrected chi connectivity index (χ0v) is 15.3. The molecule has 0 N–H and O–H groups in total. The molecule has 24 heavy (non-hydrogen) atoms. The molecule has 0 aromatic heterocycles. The zero-order chi connectivity index (χ0) is 17.6. The first kappa shape index (κ1) is 19.0. The van der Waals surface area contributed by atoms with Crippen LogP contribution in [0, 0.1) is 0 Å². The van der Waals surface area contributed by atoms with E-state index < -0.39 is 0 Å². The van der Waals surface area contributed by atoms with Crippen molar-refractivity contribution in [3.63, 3.8) is 0 Å². The Morgan fingerprint density at radius 2 is 1.67 bits per heavy atom. The van der Waals surface area contributed by atoms with Crippen LogP contribution < -0.4 is 0 Å². The molecule has 1 aromatic rings. The van der Waals surface area contributed by atoms with Crippen molar-refractivity contribution >= 4 is 13.1 Å². The first-order chi connectivity index (χ1) is 11.3. The molecule has 1 aliphatic rings. The molecule has 0 unspecified atom stereocenters. The summed E-state index contributed by atoms with van der Waals surface area (Å²) in [5.74, 6) is -0.139. The van der Waals surface area contributed by atoms with E-state index >= 15 is 0 Å². The summed E-state index contributed by atoms with van der Waals surface area (Å²) in [6.07, 6.45) is 3.63. The second-order valence-corrected chi connectivity index (χ2v) is 7.39. The van der Waals surface area contributed by atoms with Crippen LogP contribution in [0.15, 0.2) is 30.3 Å². The molecule has 0 saturated carbocycles. The van der Waals surface area contributed by atoms with Gasteiger partial charge in [-0.25, -0.2) is 0 Å². The number of rotatable bonds is 8. The lowest BCUT2D eigenvalue weighted by Gasteiger charge is -2.32. The largest absolute Gasteiger partial charge is 0.466 e. The Hall–Kier alpha value is -1.33. The Morgan fingerprint density at radius 1 is 1.04 bits per heavy atom. The van der Waals surface area contributed by atoms with Crippen molar-refractivity contribution < 1.29 is 18.8 Å². The number of carbonyl (C=O) groups excluding carboxylic acids is 1. The van der Waals surface area contributed by atoms with Crippen molar-refractivity contribution in [1.82, 2.24) is 0 Å². The van der Waals surface area contributed by atoms with Gasteiger partial charge in [-0.05, 0) is 58.8 Å². The predicted molar refractivity (Wildman–Crippen MR) is 95.8 cm³/mol. The van der Waals surface area contributed by atoms with Gasteiger partial charge in [0.2, 0.25) is 0 Å². The van der Waals surface area contributed by atoms with Gasteiger partial charge < -0.3 is 14.0 Å². The minimum absolute atomic E-state index is 0.139. The summed E-state index contributed by atoms with van der Waals surface area (Å²) < 4.78 is 17.1. The molecule has 0 amide bonds. The molecule has 1 aliphatic heterocycles. The van der Waals surface area contributed by atoms with Gasteiger partial charge in [0.1, 0.15) is 0 Å². The summed E-state index contributed by atoms with van der Waals surface area (Å²) in [4.78, 5) is 11.8. The van der Waals surface area contributed by atoms with E-state index in [0.717, 1.165) is 12.8 Å². The number of esters is 1. The molecular formula is C19H29BO4. The Balaban J connectivity index is 1.56. The van der Waals surface area contributed by atoms with Crippen molar-refractivity contribution in [2.75, 3.05) is 6.61 Å². The van der Waals surface area contributed by atoms with Crippen molar-refractivity contribution in [1.29, 1.82) is 0 Å². The summed E-state index contributed by atoms with van der Waals surface area (Å²) in [7, 11) is -0.235. The molecule has 0 spiro atoms. The fraction of sp³-hybridized carbons (Fsp3) is 0.632. The van der Waals surface area contributed by atoms with Crippen LogP contribution in [0.25, 0.3) is 0 Å². The number of hydrogen-bond acceptors (Lipinski definition) is 4. The van der Waals surface area contributed by atoms with E-state index in [-0.39, 0.29) is 24.3 Å². The molecule has 1 aromatic carbocycles. The number of hydrogen-bond donors (Lipinski definition) is 0. The maximum absolute atomic E-state index is 11.8. The average Bonchev–Trinajstić information content (AvgIpc) is 2.72. The fourth-order valence-corrected chi connectivity index (χ4v) is 2.68. The van der Waals surface area contributed by atoms with Crippen LogP contribution in [0.3, 0.4) is 0 Å². The molecule has 0 radical (unpaired) electrons. The van der Waals surface area contributed by atoms with Gasteiger partial charge in [-0.2, -0.15) is 0 Å². The van der Waals surface area contributed by atoms with Crippen molar-refractivity contribution in [3.8, 4) is 0 Å². The van der Waals surface area contributed by atoms with Crippen molar-refractivity contribution in [2.45, 2.75) is 70.9 Å². The van der Waals surface area contributed by atoms with Gasteiger partial charge in [0.25, 0.3) is 0 Å². The molecule has 0 bridgehead atoms. The van der Waals surface area contributed by atoms with Crippen LogP contribution in [-0.2, 0) is 25.3 Å². The quantitative estimate of drug-likeness (QED) is 0.409. The van der Waals surface area contributed by atoms with Crippen LogP contribution >= 0.6 is 0 Å². The minimum Gasteiger partial charge on any atom is -0.466 e. The SMILES string of the molecule is CC1(C)OB(CCCC(=O)OCCCc2ccccc2)OC1(C)C. The topological polar surface area (TPSA) is 44.8 Å². The highest BCUT2D eigenvalue weighted by Gasteiger charge is 2.50. The van der Waals surface area contributed by atoms with Gasteiger partial charge in [-0.15, -0.1) is 0 Å². The van der Waals surface area contributed by atoms with E-state index in [1.165, 1.54) is 5.56 Å². The third-order valence-corrected chi connectivity index (χ3v) is 4.84. The molecule has 0 aliphatic carbocycles. The maximum Gasteiger partial charge on any atom is 0.457 e. The number of aryl methyl sites for hydroxylation is 1. The summed E-state index contributed by atoms with van der Waals surface area (Å²) >= 11 is 0. The second kappa shape index (κ2) is 8.17. The zero-order valence-electron chi connectivity index (χ0n) is 15.3. The highest BCUT2D eigenvalue weighted by molar-refractivity contribution is 6.45. The second-order valence-electron chi connectivity index (χ2n) is 7.39. The number of carbonyl (C=O) groups is 1. The van der Waals surface area contributed by atoms with Gasteiger partial charge in [0, 0.05) is 6.42 Å². The molecule has 0 atom stereocenters. The standard InChI is InChI=1S/C19H29BO4/c1-18(2)19(3,4)24-20(23-18)14-8-13-17(21)22-15-9-12-16-10-6-5-7-11-16/h5-7,10-11H,8-9,12-15H2,1-4H3. The van der Waals surface area contributed by atoms with E-state index in [0.29, 0.717) is 25.8 Å². The summed E-state index contributed by atoms with van der Waals surface area (Å²) in [5.41, 5.74) is 0.653. The molecule has 5 heteroatoms. The molecule has 1 fully saturated rings. The van der Waals surface area contributed by atoms with E-state index in [4.69, 9.17) is 14.0 Å². The molecule has 4 nitrogen and oxygen atoms in total. The van der Waals surface area contributed by atoms with Crippen molar-refractivity contribution in [3.05, 3.63) is 35.9 Å². The van der Waals surface area contributed by atoms with Gasteiger partial charge in [0.05, 0.1) is 17.8 Å². The van der Waals surface area contributed by atoms with Crippen molar-refractivity contribution in [2.24, 2.45) is 0 Å². The molecule has 1 saturated heterocycles.